The number of halogens is 2. The Hall–Kier alpha value is -4.51. The zero-order valence-electron chi connectivity index (χ0n) is 20.0. The van der Waals surface area contributed by atoms with Gasteiger partial charge in [-0.1, -0.05) is 18.2 Å². The molecule has 0 bridgehead atoms. The number of benzene rings is 2. The molecule has 0 aliphatic carbocycles. The van der Waals surface area contributed by atoms with Gasteiger partial charge in [0.05, 0.1) is 0 Å². The van der Waals surface area contributed by atoms with Crippen LogP contribution in [0, 0.1) is 11.6 Å². The maximum Gasteiger partial charge on any atom is 0.255 e. The first-order chi connectivity index (χ1) is 17.9. The second kappa shape index (κ2) is 10.6. The Balaban J connectivity index is 1.44. The first-order valence-corrected chi connectivity index (χ1v) is 11.7. The van der Waals surface area contributed by atoms with Crippen molar-refractivity contribution in [2.75, 3.05) is 48.8 Å². The molecule has 0 saturated carbocycles. The molecule has 1 fully saturated rings. The summed E-state index contributed by atoms with van der Waals surface area (Å²) in [5.74, 6) is -1.15. The van der Waals surface area contributed by atoms with Gasteiger partial charge in [-0.15, -0.1) is 0 Å². The number of rotatable bonds is 6. The number of hydrogen-bond donors (Lipinski definition) is 2. The Labute approximate surface area is 212 Å². The van der Waals surface area contributed by atoms with Crippen molar-refractivity contribution < 1.29 is 13.6 Å². The molecule has 5 rings (SSSR count). The third-order valence-corrected chi connectivity index (χ3v) is 5.88. The maximum atomic E-state index is 14.0. The zero-order valence-corrected chi connectivity index (χ0v) is 20.0. The average Bonchev–Trinajstić information content (AvgIpc) is 2.91. The lowest BCUT2D eigenvalue weighted by Crippen LogP contribution is -2.45. The first kappa shape index (κ1) is 24.2. The van der Waals surface area contributed by atoms with E-state index in [1.54, 1.807) is 24.3 Å². The maximum absolute atomic E-state index is 14.0. The highest BCUT2D eigenvalue weighted by Crippen LogP contribution is 2.24. The highest BCUT2D eigenvalue weighted by Gasteiger charge is 2.20. The van der Waals surface area contributed by atoms with Crippen molar-refractivity contribution in [2.45, 2.75) is 0 Å². The molecule has 4 aromatic rings. The molecule has 1 saturated heterocycles. The molecule has 37 heavy (non-hydrogen) atoms. The molecule has 9 nitrogen and oxygen atoms in total. The van der Waals surface area contributed by atoms with Crippen LogP contribution in [0.1, 0.15) is 10.4 Å². The number of piperazine rings is 1. The van der Waals surface area contributed by atoms with Gasteiger partial charge < -0.3 is 20.4 Å². The third kappa shape index (κ3) is 5.84. The lowest BCUT2D eigenvalue weighted by atomic mass is 10.2. The van der Waals surface area contributed by atoms with Crippen LogP contribution in [0.3, 0.4) is 0 Å². The van der Waals surface area contributed by atoms with Crippen LogP contribution in [0.15, 0.2) is 66.9 Å². The molecule has 2 N–H and O–H groups in total. The Bertz CT molecular complexity index is 1410. The number of amides is 1. The standard InChI is InChI=1S/C26H24F2N8O/c1-35-11-13-36(14-12-35)26-33-23(17-7-8-20(27)21(28)15-17)32-25(34-26)31-22-16-18(9-10-29-22)24(37)30-19-5-3-2-4-6-19/h2-10,15-16H,11-14H2,1H3,(H,30,37)(H,29,31,32,33,34). The quantitative estimate of drug-likeness (QED) is 0.409. The van der Waals surface area contributed by atoms with Crippen LogP contribution in [0.4, 0.5) is 32.2 Å². The predicted octanol–water partition coefficient (Wildman–Crippen LogP) is 3.96. The normalized spacial score (nSPS) is 13.9. The molecule has 11 heteroatoms. The monoisotopic (exact) mass is 502 g/mol. The van der Waals surface area contributed by atoms with Crippen LogP contribution in [0.2, 0.25) is 0 Å². The second-order valence-corrected chi connectivity index (χ2v) is 8.58. The van der Waals surface area contributed by atoms with Gasteiger partial charge in [-0.3, -0.25) is 4.79 Å². The first-order valence-electron chi connectivity index (χ1n) is 11.7. The summed E-state index contributed by atoms with van der Waals surface area (Å²) in [6.45, 7) is 3.05. The van der Waals surface area contributed by atoms with Crippen molar-refractivity contribution in [2.24, 2.45) is 0 Å². The molecular formula is C26H24F2N8O. The number of anilines is 4. The predicted molar refractivity (Wildman–Crippen MR) is 137 cm³/mol. The van der Waals surface area contributed by atoms with E-state index < -0.39 is 11.6 Å². The summed E-state index contributed by atoms with van der Waals surface area (Å²) in [6.07, 6.45) is 1.50. The van der Waals surface area contributed by atoms with Crippen molar-refractivity contribution in [3.05, 3.63) is 84.1 Å². The van der Waals surface area contributed by atoms with Crippen LogP contribution < -0.4 is 15.5 Å². The van der Waals surface area contributed by atoms with Crippen LogP contribution in [0.5, 0.6) is 0 Å². The van der Waals surface area contributed by atoms with Crippen molar-refractivity contribution in [1.29, 1.82) is 0 Å². The molecule has 0 unspecified atom stereocenters. The molecule has 1 aliphatic heterocycles. The van der Waals surface area contributed by atoms with E-state index in [2.05, 4.69) is 35.5 Å². The number of pyridine rings is 1. The zero-order chi connectivity index (χ0) is 25.8. The number of nitrogens with zero attached hydrogens (tertiary/aromatic N) is 6. The van der Waals surface area contributed by atoms with Crippen molar-refractivity contribution in [3.8, 4) is 11.4 Å². The Morgan fingerprint density at radius 3 is 2.43 bits per heavy atom. The minimum Gasteiger partial charge on any atom is -0.338 e. The number of carbonyl (C=O) groups is 1. The molecule has 0 atom stereocenters. The number of aromatic nitrogens is 4. The van der Waals surface area contributed by atoms with Crippen molar-refractivity contribution >= 4 is 29.3 Å². The molecule has 3 heterocycles. The molecule has 1 aliphatic rings. The van der Waals surface area contributed by atoms with E-state index in [9.17, 15) is 13.6 Å². The van der Waals surface area contributed by atoms with Crippen molar-refractivity contribution in [1.82, 2.24) is 24.8 Å². The fraction of sp³-hybridized carbons (Fsp3) is 0.192. The van der Waals surface area contributed by atoms with Crippen LogP contribution in [-0.4, -0.2) is 64.0 Å². The summed E-state index contributed by atoms with van der Waals surface area (Å²) in [4.78, 5) is 34.7. The van der Waals surface area contributed by atoms with Gasteiger partial charge in [0.15, 0.2) is 17.5 Å². The van der Waals surface area contributed by atoms with E-state index in [0.717, 1.165) is 25.2 Å². The van der Waals surface area contributed by atoms with E-state index >= 15 is 0 Å². The van der Waals surface area contributed by atoms with Crippen LogP contribution >= 0.6 is 0 Å². The summed E-state index contributed by atoms with van der Waals surface area (Å²) >= 11 is 0. The van der Waals surface area contributed by atoms with E-state index in [-0.39, 0.29) is 17.7 Å². The number of carbonyl (C=O) groups excluding carboxylic acids is 1. The summed E-state index contributed by atoms with van der Waals surface area (Å²) in [5.41, 5.74) is 1.36. The highest BCUT2D eigenvalue weighted by atomic mass is 19.2. The summed E-state index contributed by atoms with van der Waals surface area (Å²) in [5, 5.41) is 5.86. The summed E-state index contributed by atoms with van der Waals surface area (Å²) in [7, 11) is 2.04. The van der Waals surface area contributed by atoms with Crippen LogP contribution in [-0.2, 0) is 0 Å². The number of para-hydroxylation sites is 1. The molecule has 1 amide bonds. The Morgan fingerprint density at radius 1 is 0.892 bits per heavy atom. The Morgan fingerprint density at radius 2 is 1.68 bits per heavy atom. The minimum atomic E-state index is -0.993. The van der Waals surface area contributed by atoms with Gasteiger partial charge in [-0.2, -0.15) is 15.0 Å². The summed E-state index contributed by atoms with van der Waals surface area (Å²) in [6, 6.07) is 15.8. The molecule has 2 aromatic carbocycles. The second-order valence-electron chi connectivity index (χ2n) is 8.58. The lowest BCUT2D eigenvalue weighted by Gasteiger charge is -2.32. The SMILES string of the molecule is CN1CCN(c2nc(Nc3cc(C(=O)Nc4ccccc4)ccn3)nc(-c3ccc(F)c(F)c3)n2)CC1. The van der Waals surface area contributed by atoms with E-state index in [1.165, 1.54) is 12.3 Å². The van der Waals surface area contributed by atoms with Gasteiger partial charge in [0.2, 0.25) is 11.9 Å². The smallest absolute Gasteiger partial charge is 0.255 e. The fourth-order valence-corrected chi connectivity index (χ4v) is 3.81. The molecule has 2 aromatic heterocycles. The molecule has 0 radical (unpaired) electrons. The van der Waals surface area contributed by atoms with Gasteiger partial charge in [-0.25, -0.2) is 13.8 Å². The van der Waals surface area contributed by atoms with E-state index in [4.69, 9.17) is 0 Å². The largest absolute Gasteiger partial charge is 0.338 e. The highest BCUT2D eigenvalue weighted by molar-refractivity contribution is 6.04. The molecule has 188 valence electrons. The van der Waals surface area contributed by atoms with Gasteiger partial charge in [0.1, 0.15) is 5.82 Å². The fourth-order valence-electron chi connectivity index (χ4n) is 3.81. The minimum absolute atomic E-state index is 0.164. The number of likely N-dealkylation sites (N-methyl/N-ethyl adjacent to an activating group) is 1. The molecular weight excluding hydrogens is 478 g/mol. The van der Waals surface area contributed by atoms with Crippen LogP contribution in [0.25, 0.3) is 11.4 Å². The van der Waals surface area contributed by atoms with Gasteiger partial charge in [0.25, 0.3) is 5.91 Å². The topological polar surface area (TPSA) is 99.2 Å². The average molecular weight is 503 g/mol. The van der Waals surface area contributed by atoms with E-state index in [1.807, 2.05) is 30.1 Å². The summed E-state index contributed by atoms with van der Waals surface area (Å²) < 4.78 is 27.5. The van der Waals surface area contributed by atoms with Gasteiger partial charge >= 0.3 is 0 Å². The molecule has 0 spiro atoms. The van der Waals surface area contributed by atoms with Gasteiger partial charge in [0, 0.05) is 49.2 Å². The van der Waals surface area contributed by atoms with Crippen molar-refractivity contribution in [3.63, 3.8) is 0 Å². The number of nitrogens with one attached hydrogen (secondary N) is 2. The lowest BCUT2D eigenvalue weighted by molar-refractivity contribution is 0.102. The third-order valence-electron chi connectivity index (χ3n) is 5.88. The van der Waals surface area contributed by atoms with E-state index in [0.29, 0.717) is 41.7 Å². The Kier molecular flexibility index (Phi) is 6.95. The van der Waals surface area contributed by atoms with Gasteiger partial charge in [-0.05, 0) is 49.5 Å². The number of hydrogen-bond acceptors (Lipinski definition) is 8.